The first-order valence-electron chi connectivity index (χ1n) is 13.0. The lowest BCUT2D eigenvalue weighted by Gasteiger charge is -2.22. The first kappa shape index (κ1) is 27.3. The smallest absolute Gasteiger partial charge is 0.250 e. The van der Waals surface area contributed by atoms with Gasteiger partial charge in [0.25, 0.3) is 0 Å². The Balaban J connectivity index is 1.95. The molecule has 0 saturated carbocycles. The minimum absolute atomic E-state index is 0.0355. The summed E-state index contributed by atoms with van der Waals surface area (Å²) < 4.78 is 0. The number of hydrogen-bond acceptors (Lipinski definition) is 5. The van der Waals surface area contributed by atoms with E-state index in [2.05, 4.69) is 50.7 Å². The van der Waals surface area contributed by atoms with E-state index in [4.69, 9.17) is 5.73 Å². The highest BCUT2D eigenvalue weighted by molar-refractivity contribution is 6.05. The molecule has 0 bridgehead atoms. The maximum Gasteiger partial charge on any atom is 0.250 e. The van der Waals surface area contributed by atoms with Crippen molar-refractivity contribution in [1.29, 1.82) is 0 Å². The lowest BCUT2D eigenvalue weighted by Crippen LogP contribution is -2.34. The SMILES string of the molecule is CCCN(CCC)C(=O)C1=Cc2ccc(-c3ccc(C=O)c(CN(C)CC(C)C)c3)cc2N=C(N)C1. The van der Waals surface area contributed by atoms with Crippen LogP contribution in [0.15, 0.2) is 47.0 Å². The summed E-state index contributed by atoms with van der Waals surface area (Å²) in [6.45, 7) is 11.7. The Morgan fingerprint density at radius 1 is 1.08 bits per heavy atom. The molecule has 1 aliphatic rings. The van der Waals surface area contributed by atoms with Crippen LogP contribution in [-0.4, -0.2) is 54.5 Å². The Morgan fingerprint density at radius 3 is 2.39 bits per heavy atom. The van der Waals surface area contributed by atoms with Gasteiger partial charge in [-0.2, -0.15) is 0 Å². The highest BCUT2D eigenvalue weighted by Gasteiger charge is 2.21. The molecule has 6 heteroatoms. The molecule has 1 aliphatic heterocycles. The predicted octanol–water partition coefficient (Wildman–Crippen LogP) is 5.68. The van der Waals surface area contributed by atoms with E-state index in [1.807, 2.05) is 41.3 Å². The number of nitrogens with two attached hydrogens (primary N) is 1. The summed E-state index contributed by atoms with van der Waals surface area (Å²) in [7, 11) is 2.08. The van der Waals surface area contributed by atoms with E-state index in [0.29, 0.717) is 35.9 Å². The average Bonchev–Trinajstić information content (AvgIpc) is 3.00. The van der Waals surface area contributed by atoms with E-state index in [1.165, 1.54) is 0 Å². The second-order valence-electron chi connectivity index (χ2n) is 10.1. The Kier molecular flexibility index (Phi) is 9.59. The second-order valence-corrected chi connectivity index (χ2v) is 10.1. The van der Waals surface area contributed by atoms with Crippen molar-refractivity contribution in [3.05, 3.63) is 58.7 Å². The average molecular weight is 489 g/mol. The number of hydrogen-bond donors (Lipinski definition) is 1. The summed E-state index contributed by atoms with van der Waals surface area (Å²) in [6.07, 6.45) is 5.04. The second kappa shape index (κ2) is 12.6. The van der Waals surface area contributed by atoms with Crippen molar-refractivity contribution >= 4 is 29.8 Å². The zero-order valence-electron chi connectivity index (χ0n) is 22.4. The normalized spacial score (nSPS) is 13.2. The number of rotatable bonds is 11. The van der Waals surface area contributed by atoms with Gasteiger partial charge in [-0.25, -0.2) is 4.99 Å². The molecular weight excluding hydrogens is 448 g/mol. The minimum atomic E-state index is 0.0355. The van der Waals surface area contributed by atoms with Crippen LogP contribution in [0.4, 0.5) is 5.69 Å². The lowest BCUT2D eigenvalue weighted by molar-refractivity contribution is -0.127. The summed E-state index contributed by atoms with van der Waals surface area (Å²) in [5.41, 5.74) is 12.3. The number of amides is 1. The topological polar surface area (TPSA) is 79.0 Å². The van der Waals surface area contributed by atoms with Crippen LogP contribution >= 0.6 is 0 Å². The number of aldehydes is 1. The maximum absolute atomic E-state index is 13.2. The summed E-state index contributed by atoms with van der Waals surface area (Å²) in [5.74, 6) is 1.02. The lowest BCUT2D eigenvalue weighted by atomic mass is 9.97. The molecule has 36 heavy (non-hydrogen) atoms. The van der Waals surface area contributed by atoms with Crippen LogP contribution in [0, 0.1) is 5.92 Å². The van der Waals surface area contributed by atoms with Gasteiger partial charge in [-0.1, -0.05) is 52.0 Å². The predicted molar refractivity (Wildman–Crippen MR) is 149 cm³/mol. The van der Waals surface area contributed by atoms with Gasteiger partial charge in [0.1, 0.15) is 12.1 Å². The zero-order valence-corrected chi connectivity index (χ0v) is 22.4. The number of carbonyl (C=O) groups is 2. The Hall–Kier alpha value is -3.25. The van der Waals surface area contributed by atoms with Crippen LogP contribution in [0.25, 0.3) is 17.2 Å². The molecule has 0 radical (unpaired) electrons. The molecule has 0 atom stereocenters. The van der Waals surface area contributed by atoms with Crippen LogP contribution < -0.4 is 5.73 Å². The van der Waals surface area contributed by atoms with Gasteiger partial charge >= 0.3 is 0 Å². The van der Waals surface area contributed by atoms with Crippen molar-refractivity contribution in [3.8, 4) is 11.1 Å². The van der Waals surface area contributed by atoms with Crippen LogP contribution in [-0.2, 0) is 11.3 Å². The van der Waals surface area contributed by atoms with Crippen molar-refractivity contribution in [2.24, 2.45) is 16.6 Å². The fourth-order valence-corrected chi connectivity index (χ4v) is 4.78. The molecule has 0 unspecified atom stereocenters. The van der Waals surface area contributed by atoms with Gasteiger partial charge < -0.3 is 15.5 Å². The van der Waals surface area contributed by atoms with Gasteiger partial charge in [0.2, 0.25) is 5.91 Å². The van der Waals surface area contributed by atoms with Crippen molar-refractivity contribution in [2.75, 3.05) is 26.7 Å². The third-order valence-corrected chi connectivity index (χ3v) is 6.27. The maximum atomic E-state index is 13.2. The molecule has 0 fully saturated rings. The van der Waals surface area contributed by atoms with Crippen molar-refractivity contribution in [1.82, 2.24) is 9.80 Å². The van der Waals surface area contributed by atoms with Gasteiger partial charge in [0.05, 0.1) is 5.69 Å². The third-order valence-electron chi connectivity index (χ3n) is 6.27. The fourth-order valence-electron chi connectivity index (χ4n) is 4.78. The molecule has 2 aromatic carbocycles. The van der Waals surface area contributed by atoms with Crippen LogP contribution in [0.1, 0.15) is 68.4 Å². The molecule has 0 spiro atoms. The minimum Gasteiger partial charge on any atom is -0.387 e. The zero-order chi connectivity index (χ0) is 26.2. The van der Waals surface area contributed by atoms with E-state index < -0.39 is 0 Å². The third kappa shape index (κ3) is 6.91. The summed E-state index contributed by atoms with van der Waals surface area (Å²) >= 11 is 0. The van der Waals surface area contributed by atoms with E-state index in [1.54, 1.807) is 0 Å². The number of fused-ring (bicyclic) bond motifs is 1. The number of benzene rings is 2. The van der Waals surface area contributed by atoms with Crippen molar-refractivity contribution < 1.29 is 9.59 Å². The largest absolute Gasteiger partial charge is 0.387 e. The summed E-state index contributed by atoms with van der Waals surface area (Å²) in [5, 5.41) is 0. The number of amidine groups is 1. The van der Waals surface area contributed by atoms with Crippen LogP contribution in [0.3, 0.4) is 0 Å². The Morgan fingerprint density at radius 2 is 1.75 bits per heavy atom. The Labute approximate surface area is 215 Å². The van der Waals surface area contributed by atoms with Crippen molar-refractivity contribution in [2.45, 2.75) is 53.5 Å². The van der Waals surface area contributed by atoms with Gasteiger partial charge in [-0.3, -0.25) is 9.59 Å². The van der Waals surface area contributed by atoms with Gasteiger partial charge in [-0.15, -0.1) is 0 Å². The van der Waals surface area contributed by atoms with Gasteiger partial charge in [0.15, 0.2) is 0 Å². The number of nitrogens with zero attached hydrogens (tertiary/aromatic N) is 3. The van der Waals surface area contributed by atoms with Gasteiger partial charge in [0, 0.05) is 49.3 Å². The first-order chi connectivity index (χ1) is 17.2. The van der Waals surface area contributed by atoms with E-state index >= 15 is 0 Å². The van der Waals surface area contributed by atoms with E-state index in [9.17, 15) is 9.59 Å². The van der Waals surface area contributed by atoms with E-state index in [0.717, 1.165) is 66.7 Å². The molecule has 2 N–H and O–H groups in total. The molecule has 192 valence electrons. The quantitative estimate of drug-likeness (QED) is 0.413. The monoisotopic (exact) mass is 488 g/mol. The molecule has 1 heterocycles. The number of aliphatic imine (C=N–C) groups is 1. The Bertz CT molecular complexity index is 1140. The number of carbonyl (C=O) groups excluding carboxylic acids is 2. The molecular formula is C30H40N4O2. The fraction of sp³-hybridized carbons (Fsp3) is 0.433. The summed E-state index contributed by atoms with van der Waals surface area (Å²) in [6, 6.07) is 12.0. The van der Waals surface area contributed by atoms with Crippen LogP contribution in [0.5, 0.6) is 0 Å². The van der Waals surface area contributed by atoms with E-state index in [-0.39, 0.29) is 5.91 Å². The molecule has 2 aromatic rings. The molecule has 1 amide bonds. The van der Waals surface area contributed by atoms with Gasteiger partial charge in [-0.05, 0) is 60.7 Å². The van der Waals surface area contributed by atoms with Crippen molar-refractivity contribution in [3.63, 3.8) is 0 Å². The molecule has 3 rings (SSSR count). The molecule has 0 saturated heterocycles. The highest BCUT2D eigenvalue weighted by atomic mass is 16.2. The van der Waals surface area contributed by atoms with Crippen LogP contribution in [0.2, 0.25) is 0 Å². The molecule has 6 nitrogen and oxygen atoms in total. The summed E-state index contributed by atoms with van der Waals surface area (Å²) in [4.78, 5) is 33.7. The first-order valence-corrected chi connectivity index (χ1v) is 13.0. The molecule has 0 aromatic heterocycles. The standard InChI is InChI=1S/C30H40N4O2/c1-6-12-34(13-7-2)30(36)26-15-24-10-8-23(16-28(24)32-29(31)17-26)22-9-11-25(20-35)27(14-22)19-33(5)18-21(3)4/h8-11,14-16,20-21H,6-7,12-13,17-19H2,1-5H3,(H2,31,32). The highest BCUT2D eigenvalue weighted by Crippen LogP contribution is 2.33. The molecule has 0 aliphatic carbocycles.